The Labute approximate surface area is 190 Å². The topological polar surface area (TPSA) is 40.6 Å². The first kappa shape index (κ1) is 19.9. The van der Waals surface area contributed by atoms with Crippen molar-refractivity contribution in [2.24, 2.45) is 0 Å². The van der Waals surface area contributed by atoms with Gasteiger partial charge in [0.15, 0.2) is 0 Å². The van der Waals surface area contributed by atoms with Gasteiger partial charge in [-0.25, -0.2) is 4.90 Å². The van der Waals surface area contributed by atoms with Crippen LogP contribution < -0.4 is 9.80 Å². The van der Waals surface area contributed by atoms with Gasteiger partial charge in [-0.2, -0.15) is 0 Å². The van der Waals surface area contributed by atoms with Crippen molar-refractivity contribution < 1.29 is 9.59 Å². The number of hydrogen-bond acceptors (Lipinski definition) is 3. The molecule has 0 bridgehead atoms. The van der Waals surface area contributed by atoms with Crippen LogP contribution in [0.15, 0.2) is 78.5 Å². The van der Waals surface area contributed by atoms with Crippen LogP contribution in [0.25, 0.3) is 5.57 Å². The number of rotatable bonds is 3. The first-order valence-corrected chi connectivity index (χ1v) is 10.8. The van der Waals surface area contributed by atoms with Gasteiger partial charge in [0.2, 0.25) is 0 Å². The fourth-order valence-corrected chi connectivity index (χ4v) is 4.78. The molecule has 31 heavy (non-hydrogen) atoms. The van der Waals surface area contributed by atoms with E-state index in [2.05, 4.69) is 6.07 Å². The van der Waals surface area contributed by atoms with Crippen LogP contribution in [0.4, 0.5) is 11.4 Å². The largest absolute Gasteiger partial charge is 0.336 e. The Bertz CT molecular complexity index is 1240. The third-order valence-corrected chi connectivity index (χ3v) is 6.20. The summed E-state index contributed by atoms with van der Waals surface area (Å²) in [6.07, 6.45) is 1.82. The Morgan fingerprint density at radius 3 is 2.32 bits per heavy atom. The molecule has 0 atom stereocenters. The molecule has 0 saturated heterocycles. The number of aryl methyl sites for hydroxylation is 1. The molecule has 0 aliphatic carbocycles. The van der Waals surface area contributed by atoms with Crippen molar-refractivity contribution >= 4 is 52.0 Å². The maximum absolute atomic E-state index is 13.7. The maximum atomic E-state index is 13.7. The number of carbonyl (C=O) groups is 2. The first-order valence-electron chi connectivity index (χ1n) is 10.1. The smallest absolute Gasteiger partial charge is 0.282 e. The Hall–Kier alpha value is -3.08. The zero-order valence-electron chi connectivity index (χ0n) is 16.5. The Morgan fingerprint density at radius 1 is 0.806 bits per heavy atom. The van der Waals surface area contributed by atoms with Gasteiger partial charge in [0, 0.05) is 22.8 Å². The molecule has 4 nitrogen and oxygen atoms in total. The minimum absolute atomic E-state index is 0.298. The second-order valence-corrected chi connectivity index (χ2v) is 8.36. The predicted octanol–water partition coefficient (Wildman–Crippen LogP) is 5.73. The number of para-hydroxylation sites is 2. The van der Waals surface area contributed by atoms with Crippen LogP contribution in [0, 0.1) is 0 Å². The van der Waals surface area contributed by atoms with Crippen molar-refractivity contribution in [1.82, 2.24) is 0 Å². The highest BCUT2D eigenvalue weighted by Gasteiger charge is 2.44. The van der Waals surface area contributed by atoms with Crippen LogP contribution >= 0.6 is 23.2 Å². The fraction of sp³-hybridized carbons (Fsp3) is 0.120. The molecule has 2 aliphatic rings. The van der Waals surface area contributed by atoms with Gasteiger partial charge in [-0.3, -0.25) is 9.59 Å². The first-order chi connectivity index (χ1) is 15.1. The number of benzene rings is 3. The molecule has 2 amide bonds. The van der Waals surface area contributed by atoms with E-state index >= 15 is 0 Å². The van der Waals surface area contributed by atoms with E-state index in [1.54, 1.807) is 42.5 Å². The lowest BCUT2D eigenvalue weighted by Crippen LogP contribution is -2.37. The number of hydrogen-bond donors (Lipinski definition) is 0. The number of carbonyl (C=O) groups excluding carboxylic acids is 2. The molecular formula is C25H18Cl2N2O2. The standard InChI is InChI=1S/C25H18Cl2N2O2/c26-17-12-13-19(20(27)15-17)22-23(28-14-6-8-16-7-4-5-11-21(16)28)25(31)29(24(22)30)18-9-2-1-3-10-18/h1-5,7,9-13,15H,6,8,14H2. The third-order valence-electron chi connectivity index (χ3n) is 5.65. The van der Waals surface area contributed by atoms with Crippen molar-refractivity contribution in [2.75, 3.05) is 16.3 Å². The molecule has 2 aliphatic heterocycles. The normalized spacial score (nSPS) is 16.2. The van der Waals surface area contributed by atoms with Crippen LogP contribution in [0.5, 0.6) is 0 Å². The highest BCUT2D eigenvalue weighted by molar-refractivity contribution is 6.48. The minimum atomic E-state index is -0.390. The summed E-state index contributed by atoms with van der Waals surface area (Å²) in [5.74, 6) is -0.743. The lowest BCUT2D eigenvalue weighted by Gasteiger charge is -2.32. The van der Waals surface area contributed by atoms with Gasteiger partial charge in [0.05, 0.1) is 16.3 Å². The number of halogens is 2. The summed E-state index contributed by atoms with van der Waals surface area (Å²) in [6.45, 7) is 0.642. The molecule has 0 N–H and O–H groups in total. The van der Waals surface area contributed by atoms with E-state index in [1.807, 2.05) is 29.2 Å². The van der Waals surface area contributed by atoms with Crippen molar-refractivity contribution in [3.63, 3.8) is 0 Å². The third kappa shape index (κ3) is 3.32. The van der Waals surface area contributed by atoms with Gasteiger partial charge in [-0.05, 0) is 48.7 Å². The molecule has 0 unspecified atom stereocenters. The molecule has 0 radical (unpaired) electrons. The van der Waals surface area contributed by atoms with Crippen molar-refractivity contribution in [3.05, 3.63) is 99.7 Å². The lowest BCUT2D eigenvalue weighted by atomic mass is 9.98. The Balaban J connectivity index is 1.73. The SMILES string of the molecule is O=C1C(c2ccc(Cl)cc2Cl)=C(N2CCCc3ccccc32)C(=O)N1c1ccccc1. The summed E-state index contributed by atoms with van der Waals surface area (Å²) >= 11 is 12.6. The number of amides is 2. The van der Waals surface area contributed by atoms with Gasteiger partial charge in [-0.1, -0.05) is 65.7 Å². The van der Waals surface area contributed by atoms with E-state index in [0.717, 1.165) is 24.1 Å². The summed E-state index contributed by atoms with van der Waals surface area (Å²) in [7, 11) is 0. The number of fused-ring (bicyclic) bond motifs is 1. The monoisotopic (exact) mass is 448 g/mol. The van der Waals surface area contributed by atoms with Crippen LogP contribution in [0.1, 0.15) is 17.5 Å². The Morgan fingerprint density at radius 2 is 1.55 bits per heavy atom. The van der Waals surface area contributed by atoms with Crippen LogP contribution in [-0.2, 0) is 16.0 Å². The number of anilines is 2. The van der Waals surface area contributed by atoms with E-state index in [9.17, 15) is 9.59 Å². The average molecular weight is 449 g/mol. The van der Waals surface area contributed by atoms with E-state index < -0.39 is 5.91 Å². The van der Waals surface area contributed by atoms with Gasteiger partial charge < -0.3 is 4.90 Å². The molecule has 0 fully saturated rings. The minimum Gasteiger partial charge on any atom is -0.336 e. The van der Waals surface area contributed by atoms with Crippen molar-refractivity contribution in [1.29, 1.82) is 0 Å². The molecule has 6 heteroatoms. The highest BCUT2D eigenvalue weighted by atomic mass is 35.5. The molecule has 154 valence electrons. The summed E-state index contributed by atoms with van der Waals surface area (Å²) in [6, 6.07) is 21.9. The van der Waals surface area contributed by atoms with Crippen LogP contribution in [-0.4, -0.2) is 18.4 Å². The molecule has 2 heterocycles. The van der Waals surface area contributed by atoms with Crippen molar-refractivity contribution in [2.45, 2.75) is 12.8 Å². The maximum Gasteiger partial charge on any atom is 0.282 e. The predicted molar refractivity (Wildman–Crippen MR) is 124 cm³/mol. The molecule has 0 aromatic heterocycles. The molecule has 0 spiro atoms. The summed E-state index contributed by atoms with van der Waals surface area (Å²) < 4.78 is 0. The molecule has 3 aromatic rings. The second-order valence-electron chi connectivity index (χ2n) is 7.51. The lowest BCUT2D eigenvalue weighted by molar-refractivity contribution is -0.120. The van der Waals surface area contributed by atoms with Crippen molar-refractivity contribution in [3.8, 4) is 0 Å². The molecule has 0 saturated carbocycles. The summed E-state index contributed by atoms with van der Waals surface area (Å²) in [5.41, 5.74) is 3.78. The quantitative estimate of drug-likeness (QED) is 0.480. The molecule has 3 aromatic carbocycles. The second kappa shape index (κ2) is 7.88. The average Bonchev–Trinajstić information content (AvgIpc) is 3.04. The molecule has 5 rings (SSSR count). The number of imide groups is 1. The van der Waals surface area contributed by atoms with E-state index in [4.69, 9.17) is 23.2 Å². The molecular weight excluding hydrogens is 431 g/mol. The van der Waals surface area contributed by atoms with Gasteiger partial charge in [0.25, 0.3) is 11.8 Å². The fourth-order valence-electron chi connectivity index (χ4n) is 4.28. The zero-order chi connectivity index (χ0) is 21.5. The van der Waals surface area contributed by atoms with Gasteiger partial charge in [-0.15, -0.1) is 0 Å². The van der Waals surface area contributed by atoms with E-state index in [0.29, 0.717) is 39.1 Å². The summed E-state index contributed by atoms with van der Waals surface area (Å²) in [4.78, 5) is 30.6. The van der Waals surface area contributed by atoms with Crippen LogP contribution in [0.2, 0.25) is 10.0 Å². The van der Waals surface area contributed by atoms with E-state index in [-0.39, 0.29) is 5.91 Å². The number of nitrogens with zero attached hydrogens (tertiary/aromatic N) is 2. The van der Waals surface area contributed by atoms with Gasteiger partial charge >= 0.3 is 0 Å². The highest BCUT2D eigenvalue weighted by Crippen LogP contribution is 2.41. The van der Waals surface area contributed by atoms with Crippen LogP contribution in [0.3, 0.4) is 0 Å². The summed E-state index contributed by atoms with van der Waals surface area (Å²) in [5, 5.41) is 0.803. The van der Waals surface area contributed by atoms with E-state index in [1.165, 1.54) is 4.90 Å². The zero-order valence-corrected chi connectivity index (χ0v) is 18.0. The van der Waals surface area contributed by atoms with Gasteiger partial charge in [0.1, 0.15) is 5.70 Å². The Kier molecular flexibility index (Phi) is 5.05.